The van der Waals surface area contributed by atoms with Gasteiger partial charge in [0, 0.05) is 23.3 Å². The summed E-state index contributed by atoms with van der Waals surface area (Å²) < 4.78 is 38.0. The second kappa shape index (κ2) is 7.65. The van der Waals surface area contributed by atoms with Crippen LogP contribution in [0.15, 0.2) is 53.4 Å². The molecule has 2 rings (SSSR count). The molecule has 0 aliphatic heterocycles. The average molecular weight is 324 g/mol. The molecule has 116 valence electrons. The minimum Gasteiger partial charge on any atom is -0.337 e. The van der Waals surface area contributed by atoms with Crippen molar-refractivity contribution in [3.8, 4) is 0 Å². The summed E-state index contributed by atoms with van der Waals surface area (Å²) >= 11 is 0. The lowest BCUT2D eigenvalue weighted by molar-refractivity contribution is 0.252. The lowest BCUT2D eigenvalue weighted by atomic mass is 10.3. The van der Waals surface area contributed by atoms with Crippen molar-refractivity contribution in [3.05, 3.63) is 60.2 Å². The van der Waals surface area contributed by atoms with Crippen molar-refractivity contribution in [2.45, 2.75) is 4.90 Å². The number of carbonyl (C=O) groups is 1. The molecule has 2 aromatic rings. The number of rotatable bonds is 5. The first-order valence-corrected chi connectivity index (χ1v) is 7.81. The molecule has 1 unspecified atom stereocenters. The predicted molar refractivity (Wildman–Crippen MR) is 81.1 cm³/mol. The molecule has 7 heteroatoms. The smallest absolute Gasteiger partial charge is 0.319 e. The van der Waals surface area contributed by atoms with E-state index in [4.69, 9.17) is 0 Å². The van der Waals surface area contributed by atoms with Gasteiger partial charge < -0.3 is 10.6 Å². The van der Waals surface area contributed by atoms with Crippen LogP contribution in [-0.4, -0.2) is 22.5 Å². The summed E-state index contributed by atoms with van der Waals surface area (Å²) in [7, 11) is -1.22. The van der Waals surface area contributed by atoms with Gasteiger partial charge in [-0.05, 0) is 24.3 Å². The first-order valence-electron chi connectivity index (χ1n) is 6.49. The van der Waals surface area contributed by atoms with Gasteiger partial charge in [0.1, 0.15) is 11.6 Å². The molecule has 0 fully saturated rings. The maximum Gasteiger partial charge on any atom is 0.319 e. The van der Waals surface area contributed by atoms with Gasteiger partial charge in [-0.2, -0.15) is 0 Å². The van der Waals surface area contributed by atoms with Crippen molar-refractivity contribution < 1.29 is 17.8 Å². The van der Waals surface area contributed by atoms with Crippen LogP contribution < -0.4 is 10.6 Å². The molecule has 0 aliphatic rings. The Hall–Kier alpha value is -2.28. The molecule has 2 N–H and O–H groups in total. The van der Waals surface area contributed by atoms with E-state index in [-0.39, 0.29) is 18.0 Å². The van der Waals surface area contributed by atoms with Gasteiger partial charge in [0.05, 0.1) is 16.5 Å². The molecule has 0 spiro atoms. The molecule has 0 aliphatic carbocycles. The fourth-order valence-electron chi connectivity index (χ4n) is 1.70. The quantitative estimate of drug-likeness (QED) is 0.888. The molecule has 1 atom stereocenters. The Morgan fingerprint density at radius 3 is 2.50 bits per heavy atom. The van der Waals surface area contributed by atoms with Crippen LogP contribution in [0.2, 0.25) is 0 Å². The highest BCUT2D eigenvalue weighted by atomic mass is 32.2. The van der Waals surface area contributed by atoms with Gasteiger partial charge in [-0.3, -0.25) is 4.21 Å². The number of amides is 2. The Kier molecular flexibility index (Phi) is 5.60. The topological polar surface area (TPSA) is 58.2 Å². The van der Waals surface area contributed by atoms with E-state index in [1.165, 1.54) is 0 Å². The minimum absolute atomic E-state index is 0.122. The molecule has 0 bridgehead atoms. The largest absolute Gasteiger partial charge is 0.337 e. The van der Waals surface area contributed by atoms with E-state index in [2.05, 4.69) is 10.6 Å². The molecule has 0 saturated heterocycles. The van der Waals surface area contributed by atoms with E-state index in [0.29, 0.717) is 11.0 Å². The second-order valence-corrected chi connectivity index (χ2v) is 5.94. The van der Waals surface area contributed by atoms with E-state index < -0.39 is 28.5 Å². The standard InChI is InChI=1S/C15H14F2N2O2S/c16-11-6-7-14(13(17)10-11)19-15(20)18-8-9-22(21)12-4-2-1-3-5-12/h1-7,10H,8-9H2,(H2,18,19,20). The van der Waals surface area contributed by atoms with Crippen molar-refractivity contribution >= 4 is 22.5 Å². The second-order valence-electron chi connectivity index (χ2n) is 4.37. The SMILES string of the molecule is O=C(NCCS(=O)c1ccccc1)Nc1ccc(F)cc1F. The number of nitrogens with one attached hydrogen (secondary N) is 2. The molecule has 0 heterocycles. The van der Waals surface area contributed by atoms with E-state index in [1.54, 1.807) is 24.3 Å². The minimum atomic E-state index is -1.22. The molecular formula is C15H14F2N2O2S. The van der Waals surface area contributed by atoms with Gasteiger partial charge in [0.15, 0.2) is 0 Å². The Bertz CT molecular complexity index is 680. The Balaban J connectivity index is 1.80. The van der Waals surface area contributed by atoms with Gasteiger partial charge in [-0.1, -0.05) is 18.2 Å². The summed E-state index contributed by atoms with van der Waals surface area (Å²) in [6.07, 6.45) is 0. The summed E-state index contributed by atoms with van der Waals surface area (Å²) in [6.45, 7) is 0.163. The first kappa shape index (κ1) is 16.1. The molecule has 2 aromatic carbocycles. The van der Waals surface area contributed by atoms with Crippen LogP contribution in [0.4, 0.5) is 19.3 Å². The fourth-order valence-corrected chi connectivity index (χ4v) is 2.69. The monoisotopic (exact) mass is 324 g/mol. The van der Waals surface area contributed by atoms with Crippen LogP contribution in [0, 0.1) is 11.6 Å². The summed E-state index contributed by atoms with van der Waals surface area (Å²) in [6, 6.07) is 11.1. The van der Waals surface area contributed by atoms with E-state index >= 15 is 0 Å². The van der Waals surface area contributed by atoms with Gasteiger partial charge in [0.25, 0.3) is 0 Å². The normalized spacial score (nSPS) is 11.7. The molecule has 4 nitrogen and oxygen atoms in total. The summed E-state index contributed by atoms with van der Waals surface area (Å²) in [4.78, 5) is 12.3. The van der Waals surface area contributed by atoms with Crippen molar-refractivity contribution in [1.29, 1.82) is 0 Å². The van der Waals surface area contributed by atoms with Gasteiger partial charge >= 0.3 is 6.03 Å². The number of carbonyl (C=O) groups excluding carboxylic acids is 1. The van der Waals surface area contributed by atoms with Crippen molar-refractivity contribution in [3.63, 3.8) is 0 Å². The predicted octanol–water partition coefficient (Wildman–Crippen LogP) is 2.89. The maximum absolute atomic E-state index is 13.4. The number of halogens is 2. The fraction of sp³-hybridized carbons (Fsp3) is 0.133. The lowest BCUT2D eigenvalue weighted by Gasteiger charge is -2.08. The van der Waals surface area contributed by atoms with Gasteiger partial charge in [0.2, 0.25) is 0 Å². The third-order valence-corrected chi connectivity index (χ3v) is 4.13. The number of hydrogen-bond donors (Lipinski definition) is 2. The van der Waals surface area contributed by atoms with Crippen molar-refractivity contribution in [2.75, 3.05) is 17.6 Å². The molecule has 0 saturated carbocycles. The molecule has 22 heavy (non-hydrogen) atoms. The molecule has 0 radical (unpaired) electrons. The van der Waals surface area contributed by atoms with Crippen molar-refractivity contribution in [2.24, 2.45) is 0 Å². The number of hydrogen-bond acceptors (Lipinski definition) is 2. The molecule has 2 amide bonds. The Labute approximate surface area is 129 Å². The van der Waals surface area contributed by atoms with Crippen LogP contribution >= 0.6 is 0 Å². The Morgan fingerprint density at radius 1 is 1.09 bits per heavy atom. The van der Waals surface area contributed by atoms with Crippen LogP contribution in [0.3, 0.4) is 0 Å². The summed E-state index contributed by atoms with van der Waals surface area (Å²) in [5.41, 5.74) is -0.122. The van der Waals surface area contributed by atoms with E-state index in [9.17, 15) is 17.8 Å². The van der Waals surface area contributed by atoms with Crippen LogP contribution in [0.25, 0.3) is 0 Å². The highest BCUT2D eigenvalue weighted by molar-refractivity contribution is 7.85. The highest BCUT2D eigenvalue weighted by Crippen LogP contribution is 2.14. The maximum atomic E-state index is 13.4. The van der Waals surface area contributed by atoms with Gasteiger partial charge in [-0.15, -0.1) is 0 Å². The zero-order valence-corrected chi connectivity index (χ0v) is 12.3. The van der Waals surface area contributed by atoms with Crippen molar-refractivity contribution in [1.82, 2.24) is 5.32 Å². The number of urea groups is 1. The van der Waals surface area contributed by atoms with Crippen LogP contribution in [-0.2, 0) is 10.8 Å². The molecular weight excluding hydrogens is 310 g/mol. The van der Waals surface area contributed by atoms with Gasteiger partial charge in [-0.25, -0.2) is 13.6 Å². The highest BCUT2D eigenvalue weighted by Gasteiger charge is 2.08. The summed E-state index contributed by atoms with van der Waals surface area (Å²) in [5.74, 6) is -1.34. The number of benzene rings is 2. The third kappa shape index (κ3) is 4.63. The molecule has 0 aromatic heterocycles. The van der Waals surface area contributed by atoms with E-state index in [0.717, 1.165) is 12.1 Å². The zero-order chi connectivity index (χ0) is 15.9. The first-order chi connectivity index (χ1) is 10.6. The lowest BCUT2D eigenvalue weighted by Crippen LogP contribution is -2.32. The third-order valence-electron chi connectivity index (χ3n) is 2.76. The number of anilines is 1. The Morgan fingerprint density at radius 2 is 1.82 bits per heavy atom. The summed E-state index contributed by atoms with van der Waals surface area (Å²) in [5, 5.41) is 4.73. The van der Waals surface area contributed by atoms with Crippen LogP contribution in [0.1, 0.15) is 0 Å². The zero-order valence-electron chi connectivity index (χ0n) is 11.5. The van der Waals surface area contributed by atoms with Crippen LogP contribution in [0.5, 0.6) is 0 Å². The average Bonchev–Trinajstić information content (AvgIpc) is 2.51. The van der Waals surface area contributed by atoms with E-state index in [1.807, 2.05) is 6.07 Å².